The number of rotatable bonds is 5. The van der Waals surface area contributed by atoms with Crippen molar-refractivity contribution in [1.82, 2.24) is 30.4 Å². The highest BCUT2D eigenvalue weighted by Gasteiger charge is 2.21. The van der Waals surface area contributed by atoms with Gasteiger partial charge in [-0.1, -0.05) is 5.16 Å². The van der Waals surface area contributed by atoms with Crippen LogP contribution in [-0.4, -0.2) is 38.1 Å². The van der Waals surface area contributed by atoms with Gasteiger partial charge in [0.1, 0.15) is 5.56 Å². The minimum atomic E-state index is -0.306. The van der Waals surface area contributed by atoms with E-state index >= 15 is 0 Å². The predicted octanol–water partition coefficient (Wildman–Crippen LogP) is 1.35. The zero-order chi connectivity index (χ0) is 17.9. The van der Waals surface area contributed by atoms with Gasteiger partial charge in [0.25, 0.3) is 5.91 Å². The monoisotopic (exact) mass is 352 g/mol. The average molecular weight is 352 g/mol. The van der Waals surface area contributed by atoms with Crippen molar-refractivity contribution in [2.24, 2.45) is 0 Å². The summed E-state index contributed by atoms with van der Waals surface area (Å²) in [4.78, 5) is 29.3. The number of methoxy groups -OCH3 is 1. The number of nitrogens with zero attached hydrogens (tertiary/aromatic N) is 5. The highest BCUT2D eigenvalue weighted by atomic mass is 16.5. The lowest BCUT2D eigenvalue weighted by molar-refractivity contribution is 0.0942. The van der Waals surface area contributed by atoms with Crippen LogP contribution in [0, 0.1) is 0 Å². The Kier molecular flexibility index (Phi) is 4.26. The molecule has 4 rings (SSSR count). The molecule has 9 heteroatoms. The number of nitrogens with one attached hydrogen (secondary N) is 1. The molecule has 3 heterocycles. The third-order valence-corrected chi connectivity index (χ3v) is 4.09. The van der Waals surface area contributed by atoms with Gasteiger partial charge in [-0.25, -0.2) is 15.0 Å². The van der Waals surface area contributed by atoms with Gasteiger partial charge in [-0.05, 0) is 37.0 Å². The van der Waals surface area contributed by atoms with Crippen molar-refractivity contribution in [3.05, 3.63) is 47.2 Å². The summed E-state index contributed by atoms with van der Waals surface area (Å²) in [6, 6.07) is 3.54. The highest BCUT2D eigenvalue weighted by Crippen LogP contribution is 2.26. The molecule has 0 fully saturated rings. The second kappa shape index (κ2) is 6.87. The van der Waals surface area contributed by atoms with Crippen LogP contribution in [0.3, 0.4) is 0 Å². The van der Waals surface area contributed by atoms with E-state index < -0.39 is 0 Å². The second-order valence-electron chi connectivity index (χ2n) is 5.77. The molecule has 3 aromatic heterocycles. The Bertz CT molecular complexity index is 941. The van der Waals surface area contributed by atoms with E-state index in [1.54, 1.807) is 18.5 Å². The summed E-state index contributed by atoms with van der Waals surface area (Å²) in [7, 11) is 1.50. The average Bonchev–Trinajstić information content (AvgIpc) is 3.34. The number of ether oxygens (including phenoxy) is 1. The lowest BCUT2D eigenvalue weighted by Crippen LogP contribution is -2.24. The van der Waals surface area contributed by atoms with Gasteiger partial charge in [-0.15, -0.1) is 0 Å². The van der Waals surface area contributed by atoms with E-state index in [0.717, 1.165) is 30.5 Å². The molecule has 0 radical (unpaired) electrons. The van der Waals surface area contributed by atoms with Crippen LogP contribution >= 0.6 is 0 Å². The maximum Gasteiger partial charge on any atom is 0.257 e. The molecule has 0 spiro atoms. The summed E-state index contributed by atoms with van der Waals surface area (Å²) >= 11 is 0. The van der Waals surface area contributed by atoms with Crippen molar-refractivity contribution >= 4 is 5.91 Å². The molecule has 0 saturated heterocycles. The summed E-state index contributed by atoms with van der Waals surface area (Å²) in [5.74, 6) is 0.908. The molecular formula is C17H16N6O3. The molecule has 1 amide bonds. The Morgan fingerprint density at radius 3 is 2.88 bits per heavy atom. The van der Waals surface area contributed by atoms with Gasteiger partial charge in [0.15, 0.2) is 0 Å². The topological polar surface area (TPSA) is 116 Å². The number of aryl methyl sites for hydroxylation is 2. The zero-order valence-corrected chi connectivity index (χ0v) is 14.1. The van der Waals surface area contributed by atoms with E-state index in [1.807, 2.05) is 6.07 Å². The van der Waals surface area contributed by atoms with Crippen LogP contribution < -0.4 is 10.1 Å². The lowest BCUT2D eigenvalue weighted by Gasteiger charge is -2.10. The SMILES string of the molecule is COc1nc2c(cc1C(=O)NCc1nc(-c3ncccn3)no1)CCC2. The standard InChI is InChI=1S/C17H16N6O3/c1-25-17-11(8-10-4-2-5-12(10)21-17)16(24)20-9-13-22-15(23-26-13)14-18-6-3-7-19-14/h3,6-8H,2,4-5,9H2,1H3,(H,20,24). The Morgan fingerprint density at radius 1 is 1.23 bits per heavy atom. The van der Waals surface area contributed by atoms with Crippen LogP contribution in [0.15, 0.2) is 29.0 Å². The fourth-order valence-corrected chi connectivity index (χ4v) is 2.85. The van der Waals surface area contributed by atoms with Crippen molar-refractivity contribution in [3.63, 3.8) is 0 Å². The first-order valence-electron chi connectivity index (χ1n) is 8.19. The Balaban J connectivity index is 1.47. The van der Waals surface area contributed by atoms with Crippen LogP contribution in [0.2, 0.25) is 0 Å². The van der Waals surface area contributed by atoms with Crippen molar-refractivity contribution in [1.29, 1.82) is 0 Å². The lowest BCUT2D eigenvalue weighted by atomic mass is 10.1. The molecule has 1 N–H and O–H groups in total. The number of hydrogen-bond acceptors (Lipinski definition) is 8. The van der Waals surface area contributed by atoms with E-state index in [1.165, 1.54) is 7.11 Å². The number of hydrogen-bond donors (Lipinski definition) is 1. The van der Waals surface area contributed by atoms with Gasteiger partial charge in [-0.2, -0.15) is 4.98 Å². The van der Waals surface area contributed by atoms with E-state index in [-0.39, 0.29) is 24.2 Å². The minimum Gasteiger partial charge on any atom is -0.480 e. The third-order valence-electron chi connectivity index (χ3n) is 4.09. The predicted molar refractivity (Wildman–Crippen MR) is 89.3 cm³/mol. The van der Waals surface area contributed by atoms with Crippen LogP contribution in [0.25, 0.3) is 11.6 Å². The number of carbonyl (C=O) groups is 1. The third kappa shape index (κ3) is 3.10. The van der Waals surface area contributed by atoms with Crippen LogP contribution in [0.1, 0.15) is 33.9 Å². The quantitative estimate of drug-likeness (QED) is 0.731. The first kappa shape index (κ1) is 16.1. The Morgan fingerprint density at radius 2 is 2.08 bits per heavy atom. The number of aromatic nitrogens is 5. The van der Waals surface area contributed by atoms with Gasteiger partial charge in [0, 0.05) is 18.1 Å². The molecule has 0 saturated carbocycles. The van der Waals surface area contributed by atoms with Gasteiger partial charge in [0.2, 0.25) is 23.4 Å². The molecule has 1 aliphatic rings. The molecule has 132 valence electrons. The van der Waals surface area contributed by atoms with Gasteiger partial charge in [0.05, 0.1) is 13.7 Å². The largest absolute Gasteiger partial charge is 0.480 e. The molecule has 0 aromatic carbocycles. The smallest absolute Gasteiger partial charge is 0.257 e. The first-order valence-corrected chi connectivity index (χ1v) is 8.19. The number of amides is 1. The van der Waals surface area contributed by atoms with Crippen LogP contribution in [-0.2, 0) is 19.4 Å². The zero-order valence-electron chi connectivity index (χ0n) is 14.1. The first-order chi connectivity index (χ1) is 12.7. The normalized spacial score (nSPS) is 12.7. The molecular weight excluding hydrogens is 336 g/mol. The second-order valence-corrected chi connectivity index (χ2v) is 5.77. The fourth-order valence-electron chi connectivity index (χ4n) is 2.85. The van der Waals surface area contributed by atoms with Crippen molar-refractivity contribution in [2.75, 3.05) is 7.11 Å². The van der Waals surface area contributed by atoms with E-state index in [0.29, 0.717) is 17.3 Å². The number of pyridine rings is 1. The van der Waals surface area contributed by atoms with Crippen molar-refractivity contribution < 1.29 is 14.1 Å². The van der Waals surface area contributed by atoms with Gasteiger partial charge < -0.3 is 14.6 Å². The number of carbonyl (C=O) groups excluding carboxylic acids is 1. The van der Waals surface area contributed by atoms with Crippen LogP contribution in [0.4, 0.5) is 0 Å². The minimum absolute atomic E-state index is 0.0822. The molecule has 0 atom stereocenters. The summed E-state index contributed by atoms with van der Waals surface area (Å²) < 4.78 is 10.4. The highest BCUT2D eigenvalue weighted by molar-refractivity contribution is 5.96. The Labute approximate surface area is 148 Å². The molecule has 3 aromatic rings. The Hall–Kier alpha value is -3.36. The molecule has 1 aliphatic carbocycles. The summed E-state index contributed by atoms with van der Waals surface area (Å²) in [6.45, 7) is 0.0822. The molecule has 0 unspecified atom stereocenters. The van der Waals surface area contributed by atoms with E-state index in [9.17, 15) is 4.79 Å². The fraction of sp³-hybridized carbons (Fsp3) is 0.294. The van der Waals surface area contributed by atoms with Crippen molar-refractivity contribution in [2.45, 2.75) is 25.8 Å². The van der Waals surface area contributed by atoms with Gasteiger partial charge in [-0.3, -0.25) is 4.79 Å². The molecule has 0 aliphatic heterocycles. The maximum absolute atomic E-state index is 12.5. The summed E-state index contributed by atoms with van der Waals surface area (Å²) in [6.07, 6.45) is 6.07. The maximum atomic E-state index is 12.5. The number of fused-ring (bicyclic) bond motifs is 1. The summed E-state index contributed by atoms with van der Waals surface area (Å²) in [5.41, 5.74) is 2.50. The molecule has 26 heavy (non-hydrogen) atoms. The van der Waals surface area contributed by atoms with E-state index in [4.69, 9.17) is 9.26 Å². The molecule has 9 nitrogen and oxygen atoms in total. The van der Waals surface area contributed by atoms with Gasteiger partial charge >= 0.3 is 0 Å². The van der Waals surface area contributed by atoms with E-state index in [2.05, 4.69) is 30.4 Å². The van der Waals surface area contributed by atoms with Crippen LogP contribution in [0.5, 0.6) is 5.88 Å². The van der Waals surface area contributed by atoms with Crippen molar-refractivity contribution in [3.8, 4) is 17.5 Å². The summed E-state index contributed by atoms with van der Waals surface area (Å²) in [5, 5.41) is 6.57. The molecule has 0 bridgehead atoms.